The Morgan fingerprint density at radius 1 is 1.25 bits per heavy atom. The van der Waals surface area contributed by atoms with Gasteiger partial charge in [-0.15, -0.1) is 0 Å². The van der Waals surface area contributed by atoms with Gasteiger partial charge in [0.05, 0.1) is 0 Å². The third-order valence-corrected chi connectivity index (χ3v) is 5.40. The van der Waals surface area contributed by atoms with Crippen molar-refractivity contribution >= 4 is 0 Å². The number of hydrogen-bond donors (Lipinski definition) is 1. The zero-order valence-electron chi connectivity index (χ0n) is 12.9. The highest BCUT2D eigenvalue weighted by atomic mass is 15.2. The summed E-state index contributed by atoms with van der Waals surface area (Å²) in [5, 5.41) is 3.62. The number of rotatable bonds is 3. The van der Waals surface area contributed by atoms with Crippen molar-refractivity contribution in [2.75, 3.05) is 20.1 Å². The topological polar surface area (TPSA) is 15.3 Å². The minimum Gasteiger partial charge on any atom is -0.312 e. The third-order valence-electron chi connectivity index (χ3n) is 5.40. The molecule has 1 heterocycles. The Morgan fingerprint density at radius 3 is 2.85 bits per heavy atom. The molecule has 1 fully saturated rings. The summed E-state index contributed by atoms with van der Waals surface area (Å²) in [6.45, 7) is 4.94. The van der Waals surface area contributed by atoms with Gasteiger partial charge in [-0.3, -0.25) is 4.90 Å². The standard InChI is InChI=1S/C18H28N2/c1-3-14-11-12-20(13-14)17-10-6-8-15-7-4-5-9-16(15)18(17)19-2/h4-5,7,9,14,17-19H,3,6,8,10-13H2,1-2H3. The maximum Gasteiger partial charge on any atom is 0.0478 e. The zero-order chi connectivity index (χ0) is 13.9. The van der Waals surface area contributed by atoms with Crippen molar-refractivity contribution in [1.82, 2.24) is 10.2 Å². The van der Waals surface area contributed by atoms with Crippen LogP contribution in [0.4, 0.5) is 0 Å². The number of likely N-dealkylation sites (tertiary alicyclic amines) is 1. The normalized spacial score (nSPS) is 31.0. The Hall–Kier alpha value is -0.860. The quantitative estimate of drug-likeness (QED) is 0.849. The van der Waals surface area contributed by atoms with Gasteiger partial charge in [0, 0.05) is 18.6 Å². The highest BCUT2D eigenvalue weighted by Crippen LogP contribution is 2.34. The monoisotopic (exact) mass is 272 g/mol. The fourth-order valence-corrected chi connectivity index (χ4v) is 4.18. The molecule has 1 N–H and O–H groups in total. The minimum atomic E-state index is 0.504. The Labute approximate surface area is 123 Å². The molecule has 1 aromatic carbocycles. The highest BCUT2D eigenvalue weighted by Gasteiger charge is 2.34. The van der Waals surface area contributed by atoms with E-state index >= 15 is 0 Å². The van der Waals surface area contributed by atoms with E-state index in [2.05, 4.69) is 48.5 Å². The molecule has 2 heteroatoms. The summed E-state index contributed by atoms with van der Waals surface area (Å²) in [6, 6.07) is 10.2. The molecule has 3 unspecified atom stereocenters. The third kappa shape index (κ3) is 2.64. The second-order valence-corrected chi connectivity index (χ2v) is 6.48. The number of nitrogens with zero attached hydrogens (tertiary/aromatic N) is 1. The number of nitrogens with one attached hydrogen (secondary N) is 1. The Balaban J connectivity index is 1.84. The summed E-state index contributed by atoms with van der Waals surface area (Å²) in [5.41, 5.74) is 3.10. The lowest BCUT2D eigenvalue weighted by Crippen LogP contribution is -2.42. The van der Waals surface area contributed by atoms with Gasteiger partial charge in [0.25, 0.3) is 0 Å². The Kier molecular flexibility index (Phi) is 4.42. The molecule has 110 valence electrons. The first-order valence-electron chi connectivity index (χ1n) is 8.32. The van der Waals surface area contributed by atoms with E-state index in [1.54, 1.807) is 5.56 Å². The molecule has 0 spiro atoms. The second-order valence-electron chi connectivity index (χ2n) is 6.48. The maximum atomic E-state index is 3.62. The molecule has 0 bridgehead atoms. The van der Waals surface area contributed by atoms with Crippen LogP contribution in [0.1, 0.15) is 49.8 Å². The van der Waals surface area contributed by atoms with Gasteiger partial charge in [0.1, 0.15) is 0 Å². The SMILES string of the molecule is CCC1CCN(C2CCCc3ccccc3C2NC)C1. The van der Waals surface area contributed by atoms with E-state index < -0.39 is 0 Å². The molecular formula is C18H28N2. The van der Waals surface area contributed by atoms with Crippen LogP contribution in [-0.4, -0.2) is 31.1 Å². The minimum absolute atomic E-state index is 0.504. The Morgan fingerprint density at radius 2 is 2.10 bits per heavy atom. The summed E-state index contributed by atoms with van der Waals surface area (Å²) in [4.78, 5) is 2.76. The second kappa shape index (κ2) is 6.28. The molecule has 1 aromatic rings. The van der Waals surface area contributed by atoms with Gasteiger partial charge < -0.3 is 5.32 Å². The van der Waals surface area contributed by atoms with Crippen LogP contribution in [0.5, 0.6) is 0 Å². The molecule has 1 aliphatic heterocycles. The van der Waals surface area contributed by atoms with Crippen LogP contribution in [0.25, 0.3) is 0 Å². The van der Waals surface area contributed by atoms with Crippen molar-refractivity contribution in [3.63, 3.8) is 0 Å². The lowest BCUT2D eigenvalue weighted by atomic mass is 9.95. The van der Waals surface area contributed by atoms with E-state index in [0.29, 0.717) is 12.1 Å². The Bertz CT molecular complexity index is 443. The van der Waals surface area contributed by atoms with Crippen molar-refractivity contribution in [3.8, 4) is 0 Å². The molecule has 0 aromatic heterocycles. The number of fused-ring (bicyclic) bond motifs is 1. The molecule has 20 heavy (non-hydrogen) atoms. The van der Waals surface area contributed by atoms with E-state index in [4.69, 9.17) is 0 Å². The summed E-state index contributed by atoms with van der Waals surface area (Å²) >= 11 is 0. The van der Waals surface area contributed by atoms with Gasteiger partial charge in [-0.25, -0.2) is 0 Å². The average Bonchev–Trinajstić information content (AvgIpc) is 2.88. The largest absolute Gasteiger partial charge is 0.312 e. The molecule has 2 aliphatic rings. The number of likely N-dealkylation sites (N-methyl/N-ethyl adjacent to an activating group) is 1. The number of benzene rings is 1. The molecule has 0 amide bonds. The maximum absolute atomic E-state index is 3.62. The summed E-state index contributed by atoms with van der Waals surface area (Å²) in [6.07, 6.45) is 6.63. The van der Waals surface area contributed by atoms with Crippen LogP contribution in [-0.2, 0) is 6.42 Å². The first-order chi connectivity index (χ1) is 9.83. The highest BCUT2D eigenvalue weighted by molar-refractivity contribution is 5.32. The zero-order valence-corrected chi connectivity index (χ0v) is 12.9. The van der Waals surface area contributed by atoms with Crippen LogP contribution in [0.3, 0.4) is 0 Å². The lowest BCUT2D eigenvalue weighted by Gasteiger charge is -2.34. The number of hydrogen-bond acceptors (Lipinski definition) is 2. The molecule has 3 rings (SSSR count). The average molecular weight is 272 g/mol. The first-order valence-corrected chi connectivity index (χ1v) is 8.32. The molecule has 1 aliphatic carbocycles. The lowest BCUT2D eigenvalue weighted by molar-refractivity contribution is 0.179. The van der Waals surface area contributed by atoms with Gasteiger partial charge in [-0.05, 0) is 56.3 Å². The van der Waals surface area contributed by atoms with Crippen molar-refractivity contribution in [2.45, 2.75) is 51.1 Å². The van der Waals surface area contributed by atoms with Crippen LogP contribution in [0.15, 0.2) is 24.3 Å². The first kappa shape index (κ1) is 14.1. The van der Waals surface area contributed by atoms with Crippen LogP contribution < -0.4 is 5.32 Å². The molecule has 3 atom stereocenters. The molecule has 1 saturated heterocycles. The fourth-order valence-electron chi connectivity index (χ4n) is 4.18. The van der Waals surface area contributed by atoms with E-state index in [1.165, 1.54) is 50.8 Å². The molecule has 0 radical (unpaired) electrons. The predicted molar refractivity (Wildman–Crippen MR) is 84.9 cm³/mol. The molecular weight excluding hydrogens is 244 g/mol. The van der Waals surface area contributed by atoms with Crippen molar-refractivity contribution in [2.24, 2.45) is 5.92 Å². The fraction of sp³-hybridized carbons (Fsp3) is 0.667. The van der Waals surface area contributed by atoms with Gasteiger partial charge in [-0.2, -0.15) is 0 Å². The summed E-state index contributed by atoms with van der Waals surface area (Å²) in [5.74, 6) is 0.922. The van der Waals surface area contributed by atoms with Gasteiger partial charge >= 0.3 is 0 Å². The van der Waals surface area contributed by atoms with Crippen molar-refractivity contribution in [1.29, 1.82) is 0 Å². The van der Waals surface area contributed by atoms with Gasteiger partial charge in [0.2, 0.25) is 0 Å². The van der Waals surface area contributed by atoms with E-state index in [9.17, 15) is 0 Å². The van der Waals surface area contributed by atoms with E-state index in [1.807, 2.05) is 0 Å². The van der Waals surface area contributed by atoms with Gasteiger partial charge in [-0.1, -0.05) is 37.6 Å². The predicted octanol–water partition coefficient (Wildman–Crippen LogP) is 3.38. The summed E-state index contributed by atoms with van der Waals surface area (Å²) in [7, 11) is 2.13. The van der Waals surface area contributed by atoms with Gasteiger partial charge in [0.15, 0.2) is 0 Å². The molecule has 0 saturated carbocycles. The van der Waals surface area contributed by atoms with E-state index in [-0.39, 0.29) is 0 Å². The van der Waals surface area contributed by atoms with Crippen LogP contribution in [0, 0.1) is 5.92 Å². The van der Waals surface area contributed by atoms with E-state index in [0.717, 1.165) is 5.92 Å². The van der Waals surface area contributed by atoms with Crippen molar-refractivity contribution in [3.05, 3.63) is 35.4 Å². The smallest absolute Gasteiger partial charge is 0.0478 e. The van der Waals surface area contributed by atoms with Crippen molar-refractivity contribution < 1.29 is 0 Å². The molecule has 2 nitrogen and oxygen atoms in total. The van der Waals surface area contributed by atoms with Crippen LogP contribution in [0.2, 0.25) is 0 Å². The number of aryl methyl sites for hydroxylation is 1. The van der Waals surface area contributed by atoms with Crippen LogP contribution >= 0.6 is 0 Å². The summed E-state index contributed by atoms with van der Waals surface area (Å²) < 4.78 is 0.